The standard InChI is InChI=1S/C24H24N4O2S/c1-2-8-20-26-27-24(31)28(20)15-21(30)25-23(17-10-4-3-5-11-17)22-18-12-7-6-9-16(18)13-14-19(22)29/h3-7,9-14,23,29H,2,8,15H2,1H3,(H,25,30)(H,27,31). The molecule has 3 N–H and O–H groups in total. The van der Waals surface area contributed by atoms with Gasteiger partial charge >= 0.3 is 0 Å². The van der Waals surface area contributed by atoms with E-state index in [2.05, 4.69) is 22.4 Å². The number of nitrogens with one attached hydrogen (secondary N) is 2. The van der Waals surface area contributed by atoms with Crippen molar-refractivity contribution in [3.05, 3.63) is 88.5 Å². The number of fused-ring (bicyclic) bond motifs is 1. The zero-order valence-electron chi connectivity index (χ0n) is 17.2. The number of nitrogens with zero attached hydrogens (tertiary/aromatic N) is 2. The number of carbonyl (C=O) groups is 1. The van der Waals surface area contributed by atoms with Crippen LogP contribution in [0.15, 0.2) is 66.7 Å². The Morgan fingerprint density at radius 1 is 1.13 bits per heavy atom. The Hall–Kier alpha value is -3.45. The summed E-state index contributed by atoms with van der Waals surface area (Å²) in [5, 5.41) is 22.8. The quantitative estimate of drug-likeness (QED) is 0.371. The van der Waals surface area contributed by atoms with Crippen molar-refractivity contribution in [1.29, 1.82) is 0 Å². The third-order valence-corrected chi connectivity index (χ3v) is 5.60. The molecule has 0 saturated carbocycles. The van der Waals surface area contributed by atoms with Crippen molar-refractivity contribution >= 4 is 28.9 Å². The van der Waals surface area contributed by atoms with Gasteiger partial charge in [0.25, 0.3) is 0 Å². The molecule has 1 atom stereocenters. The molecular formula is C24H24N4O2S. The molecule has 0 aliphatic carbocycles. The minimum atomic E-state index is -0.518. The van der Waals surface area contributed by atoms with Gasteiger partial charge in [0.15, 0.2) is 4.77 Å². The second-order valence-corrected chi connectivity index (χ2v) is 7.80. The molecule has 4 rings (SSSR count). The molecule has 0 radical (unpaired) electrons. The summed E-state index contributed by atoms with van der Waals surface area (Å²) in [5.41, 5.74) is 1.55. The molecule has 158 valence electrons. The fraction of sp³-hybridized carbons (Fsp3) is 0.208. The minimum Gasteiger partial charge on any atom is -0.508 e. The van der Waals surface area contributed by atoms with Gasteiger partial charge in [-0.15, -0.1) is 0 Å². The summed E-state index contributed by atoms with van der Waals surface area (Å²) in [4.78, 5) is 13.1. The highest BCUT2D eigenvalue weighted by Crippen LogP contribution is 2.35. The molecule has 0 aliphatic rings. The van der Waals surface area contributed by atoms with Crippen LogP contribution in [-0.4, -0.2) is 25.8 Å². The van der Waals surface area contributed by atoms with Crippen molar-refractivity contribution in [2.45, 2.75) is 32.4 Å². The van der Waals surface area contributed by atoms with Crippen molar-refractivity contribution in [3.63, 3.8) is 0 Å². The molecule has 31 heavy (non-hydrogen) atoms. The Bertz CT molecular complexity index is 1260. The van der Waals surface area contributed by atoms with E-state index in [1.165, 1.54) is 0 Å². The summed E-state index contributed by atoms with van der Waals surface area (Å²) in [6, 6.07) is 20.5. The maximum Gasteiger partial charge on any atom is 0.240 e. The molecule has 3 aromatic carbocycles. The third-order valence-electron chi connectivity index (χ3n) is 5.29. The van der Waals surface area contributed by atoms with E-state index in [0.717, 1.165) is 35.0 Å². The van der Waals surface area contributed by atoms with E-state index in [1.54, 1.807) is 10.6 Å². The van der Waals surface area contributed by atoms with Crippen molar-refractivity contribution in [2.24, 2.45) is 0 Å². The summed E-state index contributed by atoms with van der Waals surface area (Å²) >= 11 is 5.31. The summed E-state index contributed by atoms with van der Waals surface area (Å²) in [6.45, 7) is 2.11. The maximum absolute atomic E-state index is 13.1. The topological polar surface area (TPSA) is 82.9 Å². The lowest BCUT2D eigenvalue weighted by atomic mass is 9.92. The van der Waals surface area contributed by atoms with Gasteiger partial charge in [0.2, 0.25) is 5.91 Å². The van der Waals surface area contributed by atoms with Crippen LogP contribution in [0.5, 0.6) is 5.75 Å². The van der Waals surface area contributed by atoms with Gasteiger partial charge in [0.05, 0.1) is 6.04 Å². The van der Waals surface area contributed by atoms with E-state index in [4.69, 9.17) is 12.2 Å². The van der Waals surface area contributed by atoms with Crippen LogP contribution in [0.2, 0.25) is 0 Å². The Kier molecular flexibility index (Phi) is 6.13. The highest BCUT2D eigenvalue weighted by atomic mass is 32.1. The highest BCUT2D eigenvalue weighted by Gasteiger charge is 2.23. The van der Waals surface area contributed by atoms with E-state index >= 15 is 0 Å². The van der Waals surface area contributed by atoms with Crippen LogP contribution in [0.3, 0.4) is 0 Å². The van der Waals surface area contributed by atoms with E-state index in [-0.39, 0.29) is 18.2 Å². The van der Waals surface area contributed by atoms with Crippen LogP contribution < -0.4 is 5.32 Å². The molecule has 0 saturated heterocycles. The van der Waals surface area contributed by atoms with Crippen LogP contribution in [-0.2, 0) is 17.8 Å². The van der Waals surface area contributed by atoms with Gasteiger partial charge in [0.1, 0.15) is 18.1 Å². The zero-order valence-corrected chi connectivity index (χ0v) is 18.0. The average Bonchev–Trinajstić information content (AvgIpc) is 3.12. The first-order valence-electron chi connectivity index (χ1n) is 10.3. The van der Waals surface area contributed by atoms with E-state index < -0.39 is 6.04 Å². The number of rotatable bonds is 7. The summed E-state index contributed by atoms with van der Waals surface area (Å²) in [7, 11) is 0. The number of H-pyrrole nitrogens is 1. The zero-order chi connectivity index (χ0) is 21.8. The Morgan fingerprint density at radius 2 is 1.87 bits per heavy atom. The third kappa shape index (κ3) is 4.36. The lowest BCUT2D eigenvalue weighted by Gasteiger charge is -2.23. The predicted octanol–water partition coefficient (Wildman–Crippen LogP) is 4.66. The van der Waals surface area contributed by atoms with Crippen LogP contribution in [0, 0.1) is 4.77 Å². The van der Waals surface area contributed by atoms with Gasteiger partial charge in [-0.1, -0.05) is 67.6 Å². The first-order chi connectivity index (χ1) is 15.1. The molecule has 6 nitrogen and oxygen atoms in total. The molecule has 1 unspecified atom stereocenters. The SMILES string of the molecule is CCCc1n[nH]c(=S)n1CC(=O)NC(c1ccccc1)c1c(O)ccc2ccccc12. The minimum absolute atomic E-state index is 0.0551. The average molecular weight is 433 g/mol. The van der Waals surface area contributed by atoms with Crippen molar-refractivity contribution in [1.82, 2.24) is 20.1 Å². The second-order valence-electron chi connectivity index (χ2n) is 7.41. The molecular weight excluding hydrogens is 408 g/mol. The predicted molar refractivity (Wildman–Crippen MR) is 123 cm³/mol. The highest BCUT2D eigenvalue weighted by molar-refractivity contribution is 7.71. The number of hydrogen-bond acceptors (Lipinski definition) is 4. The van der Waals surface area contributed by atoms with Gasteiger partial charge in [-0.05, 0) is 41.0 Å². The monoisotopic (exact) mass is 432 g/mol. The number of aryl methyl sites for hydroxylation is 1. The molecule has 4 aromatic rings. The summed E-state index contributed by atoms with van der Waals surface area (Å²) in [6.07, 6.45) is 1.63. The number of carbonyl (C=O) groups excluding carboxylic acids is 1. The molecule has 1 aromatic heterocycles. The largest absolute Gasteiger partial charge is 0.508 e. The van der Waals surface area contributed by atoms with E-state index in [9.17, 15) is 9.90 Å². The van der Waals surface area contributed by atoms with Crippen LogP contribution in [0.1, 0.15) is 36.3 Å². The molecule has 7 heteroatoms. The van der Waals surface area contributed by atoms with Gasteiger partial charge in [-0.3, -0.25) is 14.5 Å². The number of aromatic hydroxyl groups is 1. The van der Waals surface area contributed by atoms with Gasteiger partial charge < -0.3 is 10.4 Å². The molecule has 0 fully saturated rings. The van der Waals surface area contributed by atoms with Crippen LogP contribution in [0.4, 0.5) is 0 Å². The van der Waals surface area contributed by atoms with Crippen LogP contribution >= 0.6 is 12.2 Å². The first kappa shape index (κ1) is 20.8. The summed E-state index contributed by atoms with van der Waals surface area (Å²) in [5.74, 6) is 0.683. The number of amides is 1. The Labute approximate surface area is 185 Å². The smallest absolute Gasteiger partial charge is 0.240 e. The Balaban J connectivity index is 1.73. The van der Waals surface area contributed by atoms with Crippen molar-refractivity contribution in [3.8, 4) is 5.75 Å². The number of phenols is 1. The van der Waals surface area contributed by atoms with E-state index in [1.807, 2.05) is 60.7 Å². The summed E-state index contributed by atoms with van der Waals surface area (Å²) < 4.78 is 2.14. The number of aromatic amines is 1. The normalized spacial score (nSPS) is 12.0. The fourth-order valence-corrected chi connectivity index (χ4v) is 4.05. The van der Waals surface area contributed by atoms with Crippen molar-refractivity contribution < 1.29 is 9.90 Å². The first-order valence-corrected chi connectivity index (χ1v) is 10.7. The molecule has 0 bridgehead atoms. The maximum atomic E-state index is 13.1. The van der Waals surface area contributed by atoms with E-state index in [0.29, 0.717) is 10.3 Å². The molecule has 0 aliphatic heterocycles. The fourth-order valence-electron chi connectivity index (χ4n) is 3.83. The number of benzene rings is 3. The number of aromatic nitrogens is 3. The number of phenolic OH excluding ortho intramolecular Hbond substituents is 1. The molecule has 1 amide bonds. The Morgan fingerprint density at radius 3 is 2.65 bits per heavy atom. The lowest BCUT2D eigenvalue weighted by molar-refractivity contribution is -0.122. The van der Waals surface area contributed by atoms with Gasteiger partial charge in [0, 0.05) is 12.0 Å². The number of hydrogen-bond donors (Lipinski definition) is 3. The van der Waals surface area contributed by atoms with Crippen molar-refractivity contribution in [2.75, 3.05) is 0 Å². The van der Waals surface area contributed by atoms with Crippen LogP contribution in [0.25, 0.3) is 10.8 Å². The molecule has 1 heterocycles. The van der Waals surface area contributed by atoms with Gasteiger partial charge in [-0.25, -0.2) is 0 Å². The lowest BCUT2D eigenvalue weighted by Crippen LogP contribution is -2.33. The molecule has 0 spiro atoms. The second kappa shape index (κ2) is 9.14. The van der Waals surface area contributed by atoms with Gasteiger partial charge in [-0.2, -0.15) is 5.10 Å².